The minimum absolute atomic E-state index is 0.112. The van der Waals surface area contributed by atoms with Crippen molar-refractivity contribution in [3.63, 3.8) is 0 Å². The number of benzene rings is 1. The Balaban J connectivity index is 1.75. The molecule has 0 aliphatic carbocycles. The summed E-state index contributed by atoms with van der Waals surface area (Å²) in [6.07, 6.45) is 0.815. The average molecular weight is 446 g/mol. The molecule has 164 valence electrons. The van der Waals surface area contributed by atoms with E-state index in [-0.39, 0.29) is 17.3 Å². The summed E-state index contributed by atoms with van der Waals surface area (Å²) in [7, 11) is -0.923. The fourth-order valence-electron chi connectivity index (χ4n) is 3.58. The first-order valence-corrected chi connectivity index (χ1v) is 11.5. The first-order chi connectivity index (χ1) is 15.0. The number of anilines is 4. The fourth-order valence-corrected chi connectivity index (χ4v) is 4.64. The van der Waals surface area contributed by atoms with Gasteiger partial charge in [0, 0.05) is 67.3 Å². The normalized spacial score (nSPS) is 17.5. The number of rotatable bonds is 6. The van der Waals surface area contributed by atoms with E-state index in [0.29, 0.717) is 62.4 Å². The van der Waals surface area contributed by atoms with E-state index < -0.39 is 15.7 Å². The second kappa shape index (κ2) is 9.25. The van der Waals surface area contributed by atoms with Crippen molar-refractivity contribution in [3.8, 4) is 0 Å². The SMILES string of the molecule is O=CN1CCN(c2nc(Nc3ccccc3)c([N+](=O)[O-])c(N3CCS(=O)CC3)n2)CC1. The molecule has 31 heavy (non-hydrogen) atoms. The molecule has 2 saturated heterocycles. The Morgan fingerprint density at radius 3 is 2.29 bits per heavy atom. The molecule has 0 spiro atoms. The number of nitrogens with zero attached hydrogens (tertiary/aromatic N) is 6. The van der Waals surface area contributed by atoms with E-state index in [1.54, 1.807) is 17.0 Å². The Morgan fingerprint density at radius 1 is 1.00 bits per heavy atom. The highest BCUT2D eigenvalue weighted by atomic mass is 32.2. The van der Waals surface area contributed by atoms with Crippen LogP contribution in [0.2, 0.25) is 0 Å². The van der Waals surface area contributed by atoms with Crippen molar-refractivity contribution < 1.29 is 13.9 Å². The molecule has 3 heterocycles. The van der Waals surface area contributed by atoms with Gasteiger partial charge in [0.05, 0.1) is 4.92 Å². The van der Waals surface area contributed by atoms with E-state index in [1.165, 1.54) is 0 Å². The molecule has 11 nitrogen and oxygen atoms in total. The molecule has 2 aliphatic rings. The van der Waals surface area contributed by atoms with Crippen LogP contribution in [0.4, 0.5) is 29.0 Å². The second-order valence-electron chi connectivity index (χ2n) is 7.26. The zero-order chi connectivity index (χ0) is 21.8. The van der Waals surface area contributed by atoms with Gasteiger partial charge in [0.1, 0.15) is 0 Å². The lowest BCUT2D eigenvalue weighted by molar-refractivity contribution is -0.383. The van der Waals surface area contributed by atoms with Crippen LogP contribution in [0, 0.1) is 10.1 Å². The van der Waals surface area contributed by atoms with Gasteiger partial charge in [0.2, 0.25) is 24.0 Å². The van der Waals surface area contributed by atoms with Crippen molar-refractivity contribution in [2.24, 2.45) is 0 Å². The number of carbonyl (C=O) groups is 1. The smallest absolute Gasteiger partial charge is 0.349 e. The van der Waals surface area contributed by atoms with E-state index in [2.05, 4.69) is 15.3 Å². The number of aromatic nitrogens is 2. The molecule has 2 fully saturated rings. The lowest BCUT2D eigenvalue weighted by atomic mass is 10.3. The Bertz CT molecular complexity index is 973. The minimum Gasteiger partial charge on any atom is -0.349 e. The molecular weight excluding hydrogens is 422 g/mol. The summed E-state index contributed by atoms with van der Waals surface area (Å²) in [4.78, 5) is 37.1. The zero-order valence-electron chi connectivity index (χ0n) is 16.8. The van der Waals surface area contributed by atoms with E-state index in [9.17, 15) is 19.1 Å². The third kappa shape index (κ3) is 4.74. The molecule has 4 rings (SSSR count). The predicted molar refractivity (Wildman–Crippen MR) is 118 cm³/mol. The maximum Gasteiger partial charge on any atom is 0.353 e. The third-order valence-corrected chi connectivity index (χ3v) is 6.57. The van der Waals surface area contributed by atoms with Gasteiger partial charge in [-0.05, 0) is 12.1 Å². The summed E-state index contributed by atoms with van der Waals surface area (Å²) >= 11 is 0. The lowest BCUT2D eigenvalue weighted by Crippen LogP contribution is -2.46. The number of hydrogen-bond donors (Lipinski definition) is 1. The van der Waals surface area contributed by atoms with Crippen LogP contribution in [0.15, 0.2) is 30.3 Å². The number of para-hydroxylation sites is 1. The van der Waals surface area contributed by atoms with Crippen molar-refractivity contribution in [1.29, 1.82) is 0 Å². The highest BCUT2D eigenvalue weighted by molar-refractivity contribution is 7.85. The van der Waals surface area contributed by atoms with Gasteiger partial charge in [0.25, 0.3) is 0 Å². The molecule has 1 amide bonds. The number of amides is 1. The van der Waals surface area contributed by atoms with E-state index in [4.69, 9.17) is 0 Å². The van der Waals surface area contributed by atoms with Crippen molar-refractivity contribution in [2.45, 2.75) is 0 Å². The molecule has 12 heteroatoms. The maximum absolute atomic E-state index is 12.0. The standard InChI is InChI=1S/C19H23N7O4S/c27-14-23-6-8-25(9-7-23)19-21-17(20-15-4-2-1-3-5-15)16(26(28)29)18(22-19)24-10-12-31(30)13-11-24/h1-5,14H,6-13H2,(H,20,21,22). The summed E-state index contributed by atoms with van der Waals surface area (Å²) < 4.78 is 11.8. The quantitative estimate of drug-likeness (QED) is 0.393. The molecular formula is C19H23N7O4S. The largest absolute Gasteiger partial charge is 0.353 e. The molecule has 1 aromatic carbocycles. The fraction of sp³-hybridized carbons (Fsp3) is 0.421. The van der Waals surface area contributed by atoms with Crippen LogP contribution in [0.3, 0.4) is 0 Å². The minimum atomic E-state index is -0.923. The van der Waals surface area contributed by atoms with Gasteiger partial charge in [-0.3, -0.25) is 19.1 Å². The third-order valence-electron chi connectivity index (χ3n) is 5.30. The van der Waals surface area contributed by atoms with Gasteiger partial charge >= 0.3 is 5.69 Å². The topological polar surface area (TPSA) is 125 Å². The molecule has 0 bridgehead atoms. The van der Waals surface area contributed by atoms with Crippen molar-refractivity contribution in [2.75, 3.05) is 65.9 Å². The number of nitrogens with one attached hydrogen (secondary N) is 1. The summed E-state index contributed by atoms with van der Waals surface area (Å²) in [5, 5.41) is 15.1. The summed E-state index contributed by atoms with van der Waals surface area (Å²) in [5.74, 6) is 1.59. The zero-order valence-corrected chi connectivity index (χ0v) is 17.7. The highest BCUT2D eigenvalue weighted by Crippen LogP contribution is 2.36. The van der Waals surface area contributed by atoms with Crippen LogP contribution in [0.1, 0.15) is 0 Å². The van der Waals surface area contributed by atoms with Gasteiger partial charge in [-0.15, -0.1) is 0 Å². The van der Waals surface area contributed by atoms with Crippen molar-refractivity contribution in [3.05, 3.63) is 40.4 Å². The van der Waals surface area contributed by atoms with Gasteiger partial charge in [0.15, 0.2) is 0 Å². The van der Waals surface area contributed by atoms with Gasteiger partial charge < -0.3 is 20.0 Å². The highest BCUT2D eigenvalue weighted by Gasteiger charge is 2.32. The Morgan fingerprint density at radius 2 is 1.68 bits per heavy atom. The van der Waals surface area contributed by atoms with Crippen LogP contribution < -0.4 is 15.1 Å². The number of hydrogen-bond acceptors (Lipinski definition) is 9. The maximum atomic E-state index is 12.0. The van der Waals surface area contributed by atoms with Crippen LogP contribution in [-0.2, 0) is 15.6 Å². The van der Waals surface area contributed by atoms with Crippen LogP contribution in [-0.4, -0.2) is 81.2 Å². The van der Waals surface area contributed by atoms with Gasteiger partial charge in [-0.25, -0.2) is 0 Å². The molecule has 0 radical (unpaired) electrons. The number of nitro groups is 1. The Labute approximate surface area is 181 Å². The van der Waals surface area contributed by atoms with Crippen LogP contribution in [0.5, 0.6) is 0 Å². The van der Waals surface area contributed by atoms with Crippen molar-refractivity contribution in [1.82, 2.24) is 14.9 Å². The lowest BCUT2D eigenvalue weighted by Gasteiger charge is -2.33. The average Bonchev–Trinajstić information content (AvgIpc) is 2.79. The van der Waals surface area contributed by atoms with Crippen LogP contribution in [0.25, 0.3) is 0 Å². The summed E-state index contributed by atoms with van der Waals surface area (Å²) in [6, 6.07) is 9.12. The van der Waals surface area contributed by atoms with Crippen molar-refractivity contribution >= 4 is 46.2 Å². The summed E-state index contributed by atoms with van der Waals surface area (Å²) in [5.41, 5.74) is 0.471. The molecule has 2 aromatic rings. The Hall–Kier alpha value is -3.28. The second-order valence-corrected chi connectivity index (χ2v) is 8.95. The molecule has 0 unspecified atom stereocenters. The number of piperazine rings is 1. The van der Waals surface area contributed by atoms with Gasteiger partial charge in [-0.1, -0.05) is 18.2 Å². The van der Waals surface area contributed by atoms with E-state index in [1.807, 2.05) is 28.0 Å². The summed E-state index contributed by atoms with van der Waals surface area (Å²) in [6.45, 7) is 2.98. The first kappa shape index (κ1) is 21.0. The number of carbonyl (C=O) groups excluding carboxylic acids is 1. The van der Waals surface area contributed by atoms with E-state index >= 15 is 0 Å². The molecule has 2 aliphatic heterocycles. The molecule has 1 aromatic heterocycles. The first-order valence-electron chi connectivity index (χ1n) is 9.98. The molecule has 0 saturated carbocycles. The Kier molecular flexibility index (Phi) is 6.26. The van der Waals surface area contributed by atoms with Gasteiger partial charge in [-0.2, -0.15) is 9.97 Å². The monoisotopic (exact) mass is 445 g/mol. The predicted octanol–water partition coefficient (Wildman–Crippen LogP) is 0.975. The molecule has 1 N–H and O–H groups in total. The van der Waals surface area contributed by atoms with Crippen LogP contribution >= 0.6 is 0 Å². The van der Waals surface area contributed by atoms with E-state index in [0.717, 1.165) is 6.41 Å². The molecule has 0 atom stereocenters.